The highest BCUT2D eigenvalue weighted by Gasteiger charge is 2.28. The number of fused-ring (bicyclic) bond motifs is 1. The predicted octanol–water partition coefficient (Wildman–Crippen LogP) is 4.72. The molecular weight excluding hydrogens is 466 g/mol. The fourth-order valence-corrected chi connectivity index (χ4v) is 5.81. The lowest BCUT2D eigenvalue weighted by Crippen LogP contribution is -2.19. The Bertz CT molecular complexity index is 1360. The van der Waals surface area contributed by atoms with E-state index >= 15 is 0 Å². The van der Waals surface area contributed by atoms with Gasteiger partial charge in [0, 0.05) is 36.8 Å². The molecule has 0 saturated carbocycles. The largest absolute Gasteiger partial charge is 0.507 e. The van der Waals surface area contributed by atoms with Gasteiger partial charge in [-0.3, -0.25) is 4.72 Å². The first-order valence-electron chi connectivity index (χ1n) is 12.1. The first kappa shape index (κ1) is 25.0. The van der Waals surface area contributed by atoms with Crippen LogP contribution in [0, 0.1) is 5.92 Å². The molecular formula is C26H33N3O5S. The molecule has 0 spiro atoms. The van der Waals surface area contributed by atoms with Crippen LogP contribution >= 0.6 is 0 Å². The van der Waals surface area contributed by atoms with Crippen LogP contribution in [0.4, 0.5) is 5.69 Å². The number of hydrogen-bond donors (Lipinski definition) is 2. The van der Waals surface area contributed by atoms with Gasteiger partial charge >= 0.3 is 5.63 Å². The number of rotatable bonds is 7. The zero-order valence-corrected chi connectivity index (χ0v) is 21.3. The molecule has 0 aliphatic heterocycles. The first-order chi connectivity index (χ1) is 16.7. The molecule has 1 atom stereocenters. The molecule has 1 aromatic carbocycles. The van der Waals surface area contributed by atoms with Gasteiger partial charge in [-0.25, -0.2) is 9.78 Å². The van der Waals surface area contributed by atoms with Crippen molar-refractivity contribution in [3.63, 3.8) is 0 Å². The number of aromatic nitrogens is 2. The number of nitrogens with one attached hydrogen (secondary N) is 1. The second-order valence-electron chi connectivity index (χ2n) is 9.76. The van der Waals surface area contributed by atoms with Crippen molar-refractivity contribution in [1.29, 1.82) is 0 Å². The van der Waals surface area contributed by atoms with E-state index in [4.69, 9.17) is 4.42 Å². The van der Waals surface area contributed by atoms with E-state index in [1.54, 1.807) is 29.8 Å². The van der Waals surface area contributed by atoms with Crippen LogP contribution in [0.25, 0.3) is 0 Å². The highest BCUT2D eigenvalue weighted by molar-refractivity contribution is 7.92. The maximum Gasteiger partial charge on any atom is 0.343 e. The average molecular weight is 500 g/mol. The topological polar surface area (TPSA) is 114 Å². The monoisotopic (exact) mass is 499 g/mol. The predicted molar refractivity (Wildman–Crippen MR) is 134 cm³/mol. The molecule has 0 fully saturated rings. The van der Waals surface area contributed by atoms with E-state index in [1.807, 2.05) is 19.9 Å². The van der Waals surface area contributed by atoms with Crippen molar-refractivity contribution < 1.29 is 17.9 Å². The third-order valence-electron chi connectivity index (χ3n) is 6.45. The lowest BCUT2D eigenvalue weighted by atomic mass is 9.83. The Labute approximate surface area is 206 Å². The molecule has 3 aromatic rings. The van der Waals surface area contributed by atoms with Crippen LogP contribution in [-0.4, -0.2) is 23.1 Å². The number of anilines is 1. The fraction of sp³-hybridized carbons (Fsp3) is 0.462. The number of imidazole rings is 1. The van der Waals surface area contributed by atoms with E-state index in [2.05, 4.69) is 9.71 Å². The fourth-order valence-electron chi connectivity index (χ4n) is 4.77. The minimum atomic E-state index is -3.87. The smallest absolute Gasteiger partial charge is 0.343 e. The third kappa shape index (κ3) is 5.61. The number of nitrogens with zero attached hydrogens (tertiary/aromatic N) is 2. The molecule has 0 bridgehead atoms. The van der Waals surface area contributed by atoms with Crippen molar-refractivity contribution in [2.75, 3.05) is 4.72 Å². The molecule has 9 heteroatoms. The van der Waals surface area contributed by atoms with Gasteiger partial charge in [0.2, 0.25) is 0 Å². The number of sulfonamides is 1. The molecule has 8 nitrogen and oxygen atoms in total. The van der Waals surface area contributed by atoms with E-state index in [9.17, 15) is 18.3 Å². The van der Waals surface area contributed by atoms with E-state index in [-0.39, 0.29) is 22.3 Å². The summed E-state index contributed by atoms with van der Waals surface area (Å²) in [6.45, 7) is 4.10. The summed E-state index contributed by atoms with van der Waals surface area (Å²) in [4.78, 5) is 17.1. The van der Waals surface area contributed by atoms with Crippen molar-refractivity contribution in [2.45, 2.75) is 69.7 Å². The Balaban J connectivity index is 1.75. The van der Waals surface area contributed by atoms with Crippen LogP contribution in [0.15, 0.2) is 51.0 Å². The van der Waals surface area contributed by atoms with E-state index in [1.165, 1.54) is 12.5 Å². The Hall–Kier alpha value is -3.07. The van der Waals surface area contributed by atoms with Gasteiger partial charge in [0.15, 0.2) is 5.03 Å². The van der Waals surface area contributed by atoms with Gasteiger partial charge in [0.1, 0.15) is 11.5 Å². The molecule has 1 aliphatic carbocycles. The van der Waals surface area contributed by atoms with Gasteiger partial charge in [-0.2, -0.15) is 8.42 Å². The van der Waals surface area contributed by atoms with Crippen molar-refractivity contribution in [2.24, 2.45) is 13.0 Å². The Kier molecular flexibility index (Phi) is 7.35. The summed E-state index contributed by atoms with van der Waals surface area (Å²) in [5, 5.41) is 11.2. The molecule has 35 heavy (non-hydrogen) atoms. The van der Waals surface area contributed by atoms with E-state index < -0.39 is 21.6 Å². The van der Waals surface area contributed by atoms with Crippen LogP contribution < -0.4 is 10.3 Å². The maximum absolute atomic E-state index is 13.2. The van der Waals surface area contributed by atoms with Gasteiger partial charge < -0.3 is 14.1 Å². The highest BCUT2D eigenvalue weighted by Crippen LogP contribution is 2.39. The van der Waals surface area contributed by atoms with Gasteiger partial charge in [-0.1, -0.05) is 38.8 Å². The van der Waals surface area contributed by atoms with Gasteiger partial charge in [0.05, 0.1) is 11.9 Å². The summed E-state index contributed by atoms with van der Waals surface area (Å²) in [5.74, 6) is 0.398. The molecule has 2 heterocycles. The number of hydrogen-bond acceptors (Lipinski definition) is 6. The molecule has 0 amide bonds. The summed E-state index contributed by atoms with van der Waals surface area (Å²) in [7, 11) is -2.17. The summed E-state index contributed by atoms with van der Waals surface area (Å²) in [6, 6.07) is 6.95. The van der Waals surface area contributed by atoms with Crippen molar-refractivity contribution in [1.82, 2.24) is 9.55 Å². The van der Waals surface area contributed by atoms with Gasteiger partial charge in [-0.15, -0.1) is 0 Å². The SMILES string of the molecule is CC(C)CC(c1cccc(NS(=O)(=O)c2cn(C)cn2)c1)c1c(O)c2c(oc1=O)CCCCCC2. The van der Waals surface area contributed by atoms with Crippen LogP contribution in [0.3, 0.4) is 0 Å². The Morgan fingerprint density at radius 1 is 1.17 bits per heavy atom. The molecule has 0 radical (unpaired) electrons. The van der Waals surface area contributed by atoms with Crippen LogP contribution in [0.5, 0.6) is 5.75 Å². The molecule has 4 rings (SSSR count). The van der Waals surface area contributed by atoms with Gasteiger partial charge in [-0.05, 0) is 49.3 Å². The molecule has 188 valence electrons. The van der Waals surface area contributed by atoms with E-state index in [0.29, 0.717) is 30.7 Å². The second kappa shape index (κ2) is 10.3. The average Bonchev–Trinajstić information content (AvgIpc) is 3.21. The third-order valence-corrected chi connectivity index (χ3v) is 7.71. The molecule has 2 N–H and O–H groups in total. The molecule has 2 aromatic heterocycles. The molecule has 1 unspecified atom stereocenters. The number of aryl methyl sites for hydroxylation is 2. The lowest BCUT2D eigenvalue weighted by Gasteiger charge is -2.23. The van der Waals surface area contributed by atoms with Crippen molar-refractivity contribution in [3.8, 4) is 5.75 Å². The zero-order chi connectivity index (χ0) is 25.2. The summed E-state index contributed by atoms with van der Waals surface area (Å²) < 4.78 is 35.5. The normalized spacial score (nSPS) is 15.3. The Morgan fingerprint density at radius 2 is 1.91 bits per heavy atom. The number of aromatic hydroxyl groups is 1. The van der Waals surface area contributed by atoms with E-state index in [0.717, 1.165) is 36.8 Å². The first-order valence-corrected chi connectivity index (χ1v) is 13.6. The minimum absolute atomic E-state index is 0.0308. The minimum Gasteiger partial charge on any atom is -0.507 e. The summed E-state index contributed by atoms with van der Waals surface area (Å²) >= 11 is 0. The maximum atomic E-state index is 13.2. The highest BCUT2D eigenvalue weighted by atomic mass is 32.2. The van der Waals surface area contributed by atoms with Crippen molar-refractivity contribution >= 4 is 15.7 Å². The molecule has 1 aliphatic rings. The van der Waals surface area contributed by atoms with Crippen molar-refractivity contribution in [3.05, 3.63) is 69.7 Å². The van der Waals surface area contributed by atoms with Crippen LogP contribution in [0.1, 0.15) is 74.3 Å². The Morgan fingerprint density at radius 3 is 2.60 bits per heavy atom. The van der Waals surface area contributed by atoms with Gasteiger partial charge in [0.25, 0.3) is 10.0 Å². The summed E-state index contributed by atoms with van der Waals surface area (Å²) in [5.41, 5.74) is 1.56. The lowest BCUT2D eigenvalue weighted by molar-refractivity contribution is 0.379. The second-order valence-corrected chi connectivity index (χ2v) is 11.4. The molecule has 0 saturated heterocycles. The standard InChI is InChI=1S/C26H33N3O5S/c1-17(2)13-21(24-25(30)20-11-6-4-5-7-12-22(20)34-26(24)31)18-9-8-10-19(14-18)28-35(32,33)23-15-29(3)16-27-23/h8-10,14-17,21,28,30H,4-7,11-13H2,1-3H3. The van der Waals surface area contributed by atoms with Crippen LogP contribution in [-0.2, 0) is 29.9 Å². The van der Waals surface area contributed by atoms with Crippen LogP contribution in [0.2, 0.25) is 0 Å². The zero-order valence-electron chi connectivity index (χ0n) is 20.5. The number of benzene rings is 1. The quantitative estimate of drug-likeness (QED) is 0.486. The summed E-state index contributed by atoms with van der Waals surface area (Å²) in [6.07, 6.45) is 8.81.